The fraction of sp³-hybridized carbons (Fsp3) is 0.467. The van der Waals surface area contributed by atoms with Crippen molar-refractivity contribution in [2.24, 2.45) is 5.92 Å². The summed E-state index contributed by atoms with van der Waals surface area (Å²) in [6.45, 7) is 1.81. The van der Waals surface area contributed by atoms with E-state index in [2.05, 4.69) is 32.0 Å². The van der Waals surface area contributed by atoms with Crippen LogP contribution in [0.15, 0.2) is 28.7 Å². The normalized spacial score (nSPS) is 21.9. The Bertz CT molecular complexity index is 518. The molecule has 0 aliphatic heterocycles. The van der Waals surface area contributed by atoms with Gasteiger partial charge in [-0.05, 0) is 37.0 Å². The summed E-state index contributed by atoms with van der Waals surface area (Å²) >= 11 is 3.44. The molecule has 1 amide bonds. The number of rotatable bonds is 5. The van der Waals surface area contributed by atoms with Crippen LogP contribution in [0.4, 0.5) is 0 Å². The number of amides is 1. The predicted octanol–water partition coefficient (Wildman–Crippen LogP) is 2.62. The van der Waals surface area contributed by atoms with Gasteiger partial charge >= 0.3 is 5.97 Å². The van der Waals surface area contributed by atoms with Crippen LogP contribution < -0.4 is 5.32 Å². The number of carbonyl (C=O) groups excluding carboxylic acids is 2. The van der Waals surface area contributed by atoms with Crippen molar-refractivity contribution in [2.75, 3.05) is 7.11 Å². The number of ether oxygens (including phenoxy) is 1. The molecule has 0 saturated heterocycles. The van der Waals surface area contributed by atoms with Gasteiger partial charge in [0, 0.05) is 16.4 Å². The Labute approximate surface area is 127 Å². The van der Waals surface area contributed by atoms with Gasteiger partial charge in [-0.25, -0.2) is 0 Å². The Morgan fingerprint density at radius 1 is 1.50 bits per heavy atom. The first-order valence-corrected chi connectivity index (χ1v) is 7.43. The van der Waals surface area contributed by atoms with E-state index < -0.39 is 0 Å². The standard InChI is InChI=1S/C15H18BrNO3/c1-9(6-14(18)20-2)17-15(19)13-8-12(13)10-4-3-5-11(16)7-10/h3-5,7,9,12-13H,6,8H2,1-2H3,(H,17,19)/t9-,12-,13+/m0/s1. The topological polar surface area (TPSA) is 55.4 Å². The minimum Gasteiger partial charge on any atom is -0.469 e. The Morgan fingerprint density at radius 2 is 2.25 bits per heavy atom. The SMILES string of the molecule is COC(=O)C[C@H](C)NC(=O)[C@@H]1C[C@H]1c1cccc(Br)c1. The van der Waals surface area contributed by atoms with Gasteiger partial charge in [0.2, 0.25) is 5.91 Å². The quantitative estimate of drug-likeness (QED) is 0.839. The molecule has 1 saturated carbocycles. The molecule has 0 aromatic heterocycles. The fourth-order valence-electron chi connectivity index (χ4n) is 2.32. The molecule has 1 aromatic rings. The lowest BCUT2D eigenvalue weighted by Gasteiger charge is -2.12. The lowest BCUT2D eigenvalue weighted by atomic mass is 10.1. The molecular weight excluding hydrogens is 322 g/mol. The second-order valence-electron chi connectivity index (χ2n) is 5.19. The number of hydrogen-bond donors (Lipinski definition) is 1. The first-order chi connectivity index (χ1) is 9.51. The van der Waals surface area contributed by atoms with Gasteiger partial charge in [-0.3, -0.25) is 9.59 Å². The van der Waals surface area contributed by atoms with Crippen molar-refractivity contribution in [3.63, 3.8) is 0 Å². The van der Waals surface area contributed by atoms with E-state index in [1.165, 1.54) is 12.7 Å². The zero-order chi connectivity index (χ0) is 14.7. The molecule has 1 aliphatic rings. The molecule has 0 radical (unpaired) electrons. The number of esters is 1. The highest BCUT2D eigenvalue weighted by Gasteiger charge is 2.44. The van der Waals surface area contributed by atoms with E-state index in [0.717, 1.165) is 10.9 Å². The third kappa shape index (κ3) is 3.82. The molecule has 2 rings (SSSR count). The fourth-order valence-corrected chi connectivity index (χ4v) is 2.74. The Morgan fingerprint density at radius 3 is 2.90 bits per heavy atom. The van der Waals surface area contributed by atoms with Crippen LogP contribution in [-0.4, -0.2) is 25.0 Å². The zero-order valence-electron chi connectivity index (χ0n) is 11.6. The number of nitrogens with one attached hydrogen (secondary N) is 1. The Hall–Kier alpha value is -1.36. The lowest BCUT2D eigenvalue weighted by molar-refractivity contribution is -0.141. The molecule has 1 fully saturated rings. The van der Waals surface area contributed by atoms with Crippen LogP contribution >= 0.6 is 15.9 Å². The van der Waals surface area contributed by atoms with E-state index in [1.807, 2.05) is 25.1 Å². The summed E-state index contributed by atoms with van der Waals surface area (Å²) in [7, 11) is 1.35. The smallest absolute Gasteiger partial charge is 0.307 e. The van der Waals surface area contributed by atoms with Gasteiger partial charge in [-0.15, -0.1) is 0 Å². The van der Waals surface area contributed by atoms with Crippen LogP contribution in [0, 0.1) is 5.92 Å². The van der Waals surface area contributed by atoms with Crippen molar-refractivity contribution in [3.8, 4) is 0 Å². The maximum atomic E-state index is 12.1. The minimum absolute atomic E-state index is 0.0180. The minimum atomic E-state index is -0.308. The molecule has 1 N–H and O–H groups in total. The molecule has 1 aromatic carbocycles. The van der Waals surface area contributed by atoms with Gasteiger partial charge in [0.25, 0.3) is 0 Å². The van der Waals surface area contributed by atoms with Gasteiger partial charge in [-0.2, -0.15) is 0 Å². The summed E-state index contributed by atoms with van der Waals surface area (Å²) in [6, 6.07) is 7.85. The number of carbonyl (C=O) groups is 2. The first-order valence-electron chi connectivity index (χ1n) is 6.64. The third-order valence-electron chi connectivity index (χ3n) is 3.49. The van der Waals surface area contributed by atoms with E-state index in [9.17, 15) is 9.59 Å². The Balaban J connectivity index is 1.85. The van der Waals surface area contributed by atoms with Crippen molar-refractivity contribution in [3.05, 3.63) is 34.3 Å². The second-order valence-corrected chi connectivity index (χ2v) is 6.11. The molecule has 0 spiro atoms. The molecule has 20 heavy (non-hydrogen) atoms. The van der Waals surface area contributed by atoms with Crippen LogP contribution in [0.3, 0.4) is 0 Å². The van der Waals surface area contributed by atoms with Crippen LogP contribution in [0.25, 0.3) is 0 Å². The summed E-state index contributed by atoms with van der Waals surface area (Å²) in [5, 5.41) is 2.87. The van der Waals surface area contributed by atoms with Crippen LogP contribution in [0.1, 0.15) is 31.2 Å². The van der Waals surface area contributed by atoms with Gasteiger partial charge in [0.15, 0.2) is 0 Å². The van der Waals surface area contributed by atoms with Crippen LogP contribution in [0.2, 0.25) is 0 Å². The van der Waals surface area contributed by atoms with Gasteiger partial charge in [0.05, 0.1) is 13.5 Å². The van der Waals surface area contributed by atoms with E-state index >= 15 is 0 Å². The summed E-state index contributed by atoms with van der Waals surface area (Å²) in [6.07, 6.45) is 1.07. The van der Waals surface area contributed by atoms with Crippen molar-refractivity contribution in [1.82, 2.24) is 5.32 Å². The Kier molecular flexibility index (Phi) is 4.81. The van der Waals surface area contributed by atoms with E-state index in [0.29, 0.717) is 0 Å². The molecule has 0 heterocycles. The van der Waals surface area contributed by atoms with Gasteiger partial charge in [0.1, 0.15) is 0 Å². The molecule has 3 atom stereocenters. The highest BCUT2D eigenvalue weighted by Crippen LogP contribution is 2.48. The van der Waals surface area contributed by atoms with E-state index in [4.69, 9.17) is 0 Å². The van der Waals surface area contributed by atoms with Crippen LogP contribution in [-0.2, 0) is 14.3 Å². The van der Waals surface area contributed by atoms with Gasteiger partial charge in [-0.1, -0.05) is 28.1 Å². The monoisotopic (exact) mass is 339 g/mol. The van der Waals surface area contributed by atoms with Crippen molar-refractivity contribution < 1.29 is 14.3 Å². The summed E-state index contributed by atoms with van der Waals surface area (Å²) < 4.78 is 5.61. The molecule has 1 aliphatic carbocycles. The number of hydrogen-bond acceptors (Lipinski definition) is 3. The van der Waals surface area contributed by atoms with E-state index in [1.54, 1.807) is 0 Å². The highest BCUT2D eigenvalue weighted by molar-refractivity contribution is 9.10. The molecule has 0 unspecified atom stereocenters. The lowest BCUT2D eigenvalue weighted by Crippen LogP contribution is -2.35. The molecule has 108 valence electrons. The first kappa shape index (κ1) is 15.0. The second kappa shape index (κ2) is 6.39. The molecule has 0 bridgehead atoms. The zero-order valence-corrected chi connectivity index (χ0v) is 13.1. The molecular formula is C15H18BrNO3. The summed E-state index contributed by atoms with van der Waals surface area (Å²) in [5.74, 6) is 0.0192. The van der Waals surface area contributed by atoms with Gasteiger partial charge < -0.3 is 10.1 Å². The number of halogens is 1. The van der Waals surface area contributed by atoms with Crippen molar-refractivity contribution in [1.29, 1.82) is 0 Å². The van der Waals surface area contributed by atoms with Crippen molar-refractivity contribution >= 4 is 27.8 Å². The average Bonchev–Trinajstić information content (AvgIpc) is 3.18. The molecule has 4 nitrogen and oxygen atoms in total. The summed E-state index contributed by atoms with van der Waals surface area (Å²) in [4.78, 5) is 23.2. The summed E-state index contributed by atoms with van der Waals surface area (Å²) in [5.41, 5.74) is 1.18. The van der Waals surface area contributed by atoms with Crippen LogP contribution in [0.5, 0.6) is 0 Å². The highest BCUT2D eigenvalue weighted by atomic mass is 79.9. The maximum Gasteiger partial charge on any atom is 0.307 e. The number of methoxy groups -OCH3 is 1. The predicted molar refractivity (Wildman–Crippen MR) is 79.2 cm³/mol. The molecule has 5 heteroatoms. The number of benzene rings is 1. The largest absolute Gasteiger partial charge is 0.469 e. The average molecular weight is 340 g/mol. The van der Waals surface area contributed by atoms with E-state index in [-0.39, 0.29) is 36.2 Å². The maximum absolute atomic E-state index is 12.1. The van der Waals surface area contributed by atoms with Crippen molar-refractivity contribution in [2.45, 2.75) is 31.7 Å². The third-order valence-corrected chi connectivity index (χ3v) is 3.99.